The molecule has 0 radical (unpaired) electrons. The Morgan fingerprint density at radius 1 is 1.47 bits per heavy atom. The standard InChI is InChI=1S/C9H15ClN4O4S/c1-3-12(4-2)5-6-13-7-8(19(10,17)18)9(11-13)14(15)16/h7H,3-6H2,1-2H3. The predicted octanol–water partition coefficient (Wildman–Crippen LogP) is 1.06. The maximum atomic E-state index is 11.2. The normalized spacial score (nSPS) is 12.0. The van der Waals surface area contributed by atoms with Crippen molar-refractivity contribution < 1.29 is 13.3 Å². The lowest BCUT2D eigenvalue weighted by atomic mass is 10.5. The molecular formula is C9H15ClN4O4S. The van der Waals surface area contributed by atoms with Crippen molar-refractivity contribution in [3.05, 3.63) is 16.3 Å². The first-order chi connectivity index (χ1) is 8.79. The van der Waals surface area contributed by atoms with Gasteiger partial charge in [-0.25, -0.2) is 8.42 Å². The fourth-order valence-electron chi connectivity index (χ4n) is 1.59. The lowest BCUT2D eigenvalue weighted by Gasteiger charge is -2.16. The summed E-state index contributed by atoms with van der Waals surface area (Å²) in [5.74, 6) is -0.741. The topological polar surface area (TPSA) is 98.3 Å². The molecule has 0 spiro atoms. The molecule has 1 heterocycles. The first-order valence-electron chi connectivity index (χ1n) is 5.68. The van der Waals surface area contributed by atoms with Gasteiger partial charge in [-0.05, 0) is 18.0 Å². The molecule has 10 heteroatoms. The van der Waals surface area contributed by atoms with Gasteiger partial charge in [0.1, 0.15) is 0 Å². The Morgan fingerprint density at radius 3 is 2.42 bits per heavy atom. The smallest absolute Gasteiger partial charge is 0.358 e. The van der Waals surface area contributed by atoms with E-state index in [2.05, 4.69) is 10.00 Å². The largest absolute Gasteiger partial charge is 0.410 e. The quantitative estimate of drug-likeness (QED) is 0.424. The van der Waals surface area contributed by atoms with E-state index in [1.165, 1.54) is 4.68 Å². The molecule has 1 aromatic heterocycles. The minimum atomic E-state index is -4.17. The van der Waals surface area contributed by atoms with Crippen molar-refractivity contribution in [2.75, 3.05) is 19.6 Å². The van der Waals surface area contributed by atoms with E-state index < -0.39 is 24.7 Å². The van der Waals surface area contributed by atoms with Crippen LogP contribution in [0.1, 0.15) is 13.8 Å². The zero-order valence-electron chi connectivity index (χ0n) is 10.6. The van der Waals surface area contributed by atoms with Crippen LogP contribution >= 0.6 is 10.7 Å². The van der Waals surface area contributed by atoms with Crippen molar-refractivity contribution in [1.29, 1.82) is 0 Å². The second-order valence-electron chi connectivity index (χ2n) is 3.80. The van der Waals surface area contributed by atoms with Gasteiger partial charge < -0.3 is 15.0 Å². The van der Waals surface area contributed by atoms with Crippen LogP contribution in [0.4, 0.5) is 5.82 Å². The average Bonchev–Trinajstić information content (AvgIpc) is 2.74. The second kappa shape index (κ2) is 6.31. The van der Waals surface area contributed by atoms with Crippen LogP contribution in [-0.4, -0.2) is 47.7 Å². The van der Waals surface area contributed by atoms with Crippen LogP contribution in [0.25, 0.3) is 0 Å². The Balaban J connectivity index is 2.96. The summed E-state index contributed by atoms with van der Waals surface area (Å²) in [6, 6.07) is 0. The van der Waals surface area contributed by atoms with E-state index in [0.29, 0.717) is 13.1 Å². The number of halogens is 1. The van der Waals surface area contributed by atoms with Crippen molar-refractivity contribution in [2.45, 2.75) is 25.3 Å². The van der Waals surface area contributed by atoms with Crippen LogP contribution in [0.2, 0.25) is 0 Å². The monoisotopic (exact) mass is 310 g/mol. The highest BCUT2D eigenvalue weighted by atomic mass is 35.7. The third kappa shape index (κ3) is 4.15. The molecule has 0 aromatic carbocycles. The van der Waals surface area contributed by atoms with Crippen molar-refractivity contribution in [1.82, 2.24) is 14.7 Å². The summed E-state index contributed by atoms with van der Waals surface area (Å²) in [4.78, 5) is 11.4. The number of hydrogen-bond donors (Lipinski definition) is 0. The van der Waals surface area contributed by atoms with Gasteiger partial charge >= 0.3 is 5.82 Å². The third-order valence-electron chi connectivity index (χ3n) is 2.69. The third-order valence-corrected chi connectivity index (χ3v) is 4.00. The summed E-state index contributed by atoms with van der Waals surface area (Å²) < 4.78 is 23.7. The van der Waals surface area contributed by atoms with E-state index in [0.717, 1.165) is 19.3 Å². The highest BCUT2D eigenvalue weighted by Crippen LogP contribution is 2.24. The fourth-order valence-corrected chi connectivity index (χ4v) is 2.50. The Bertz CT molecular complexity index is 553. The van der Waals surface area contributed by atoms with Crippen molar-refractivity contribution in [2.24, 2.45) is 0 Å². The second-order valence-corrected chi connectivity index (χ2v) is 6.34. The number of nitro groups is 1. The van der Waals surface area contributed by atoms with Gasteiger partial charge in [-0.15, -0.1) is 0 Å². The van der Waals surface area contributed by atoms with E-state index >= 15 is 0 Å². The SMILES string of the molecule is CCN(CC)CCn1cc(S(=O)(=O)Cl)c([N+](=O)[O-])n1. The lowest BCUT2D eigenvalue weighted by Crippen LogP contribution is -2.27. The fraction of sp³-hybridized carbons (Fsp3) is 0.667. The minimum Gasteiger partial charge on any atom is -0.358 e. The molecule has 0 N–H and O–H groups in total. The van der Waals surface area contributed by atoms with E-state index in [9.17, 15) is 18.5 Å². The molecule has 1 aromatic rings. The number of hydrogen-bond acceptors (Lipinski definition) is 6. The molecule has 19 heavy (non-hydrogen) atoms. The van der Waals surface area contributed by atoms with Crippen LogP contribution in [0.3, 0.4) is 0 Å². The summed E-state index contributed by atoms with van der Waals surface area (Å²) >= 11 is 0. The molecule has 0 amide bonds. The Labute approximate surface area is 115 Å². The molecule has 0 fully saturated rings. The van der Waals surface area contributed by atoms with Crippen molar-refractivity contribution in [3.63, 3.8) is 0 Å². The molecular weight excluding hydrogens is 296 g/mol. The zero-order valence-corrected chi connectivity index (χ0v) is 12.2. The van der Waals surface area contributed by atoms with Gasteiger partial charge in [0.25, 0.3) is 9.05 Å². The van der Waals surface area contributed by atoms with Gasteiger partial charge in [-0.3, -0.25) is 0 Å². The average molecular weight is 311 g/mol. The van der Waals surface area contributed by atoms with Gasteiger partial charge in [0, 0.05) is 17.2 Å². The maximum Gasteiger partial charge on any atom is 0.410 e. The molecule has 8 nitrogen and oxygen atoms in total. The molecule has 1 rings (SSSR count). The highest BCUT2D eigenvalue weighted by molar-refractivity contribution is 8.13. The van der Waals surface area contributed by atoms with Crippen LogP contribution in [0, 0.1) is 10.1 Å². The number of rotatable bonds is 7. The van der Waals surface area contributed by atoms with Gasteiger partial charge in [0.05, 0.1) is 17.8 Å². The Hall–Kier alpha value is -1.19. The Kier molecular flexibility index (Phi) is 5.27. The van der Waals surface area contributed by atoms with E-state index in [-0.39, 0.29) is 0 Å². The van der Waals surface area contributed by atoms with E-state index in [1.807, 2.05) is 13.8 Å². The first-order valence-corrected chi connectivity index (χ1v) is 7.99. The Morgan fingerprint density at radius 2 is 2.05 bits per heavy atom. The number of likely N-dealkylation sites (N-methyl/N-ethyl adjacent to an activating group) is 1. The van der Waals surface area contributed by atoms with Gasteiger partial charge in [0.15, 0.2) is 0 Å². The van der Waals surface area contributed by atoms with Gasteiger partial charge in [-0.2, -0.15) is 4.68 Å². The molecule has 0 saturated carbocycles. The predicted molar refractivity (Wildman–Crippen MR) is 69.7 cm³/mol. The lowest BCUT2D eigenvalue weighted by molar-refractivity contribution is -0.392. The summed E-state index contributed by atoms with van der Waals surface area (Å²) in [6.07, 6.45) is 1.09. The van der Waals surface area contributed by atoms with Gasteiger partial charge in [-0.1, -0.05) is 13.8 Å². The van der Waals surface area contributed by atoms with E-state index in [1.54, 1.807) is 0 Å². The molecule has 0 saturated heterocycles. The maximum absolute atomic E-state index is 11.2. The van der Waals surface area contributed by atoms with Crippen LogP contribution in [-0.2, 0) is 15.6 Å². The summed E-state index contributed by atoms with van der Waals surface area (Å²) in [6.45, 7) is 6.62. The molecule has 0 atom stereocenters. The number of aromatic nitrogens is 2. The highest BCUT2D eigenvalue weighted by Gasteiger charge is 2.29. The van der Waals surface area contributed by atoms with Crippen LogP contribution < -0.4 is 0 Å². The molecule has 0 aliphatic carbocycles. The van der Waals surface area contributed by atoms with Crippen LogP contribution in [0.5, 0.6) is 0 Å². The minimum absolute atomic E-state index is 0.356. The number of nitrogens with zero attached hydrogens (tertiary/aromatic N) is 4. The molecule has 0 aliphatic rings. The molecule has 0 bridgehead atoms. The molecule has 0 aliphatic heterocycles. The summed E-state index contributed by atoms with van der Waals surface area (Å²) in [5, 5.41) is 14.4. The van der Waals surface area contributed by atoms with Gasteiger partial charge in [0.2, 0.25) is 4.90 Å². The zero-order chi connectivity index (χ0) is 14.6. The van der Waals surface area contributed by atoms with E-state index in [4.69, 9.17) is 10.7 Å². The molecule has 0 unspecified atom stereocenters. The van der Waals surface area contributed by atoms with Crippen molar-refractivity contribution >= 4 is 25.6 Å². The molecule has 108 valence electrons. The first kappa shape index (κ1) is 15.9. The summed E-state index contributed by atoms with van der Waals surface area (Å²) in [5.41, 5.74) is 0. The van der Waals surface area contributed by atoms with Crippen LogP contribution in [0.15, 0.2) is 11.1 Å². The summed E-state index contributed by atoms with van der Waals surface area (Å²) in [7, 11) is 0.969. The van der Waals surface area contributed by atoms with Crippen molar-refractivity contribution in [3.8, 4) is 0 Å².